The smallest absolute Gasteiger partial charge is 0.335 e. The van der Waals surface area contributed by atoms with Crippen molar-refractivity contribution in [3.05, 3.63) is 88.1 Å². The summed E-state index contributed by atoms with van der Waals surface area (Å²) in [7, 11) is -4.18. The largest absolute Gasteiger partial charge is 0.478 e. The number of pyridine rings is 1. The maximum absolute atomic E-state index is 13.4. The van der Waals surface area contributed by atoms with Crippen molar-refractivity contribution in [3.8, 4) is 0 Å². The van der Waals surface area contributed by atoms with E-state index in [1.54, 1.807) is 50.2 Å². The second-order valence-electron chi connectivity index (χ2n) is 7.35. The molecule has 0 bridgehead atoms. The van der Waals surface area contributed by atoms with Crippen molar-refractivity contribution < 1.29 is 23.1 Å². The molecule has 0 spiro atoms. The molecule has 2 aromatic carbocycles. The summed E-state index contributed by atoms with van der Waals surface area (Å²) in [4.78, 5) is 27.9. The lowest BCUT2D eigenvalue weighted by atomic mass is 10.1. The summed E-state index contributed by atoms with van der Waals surface area (Å²) in [6.45, 7) is 2.97. The number of nitrogens with one attached hydrogen (secondary N) is 1. The Morgan fingerprint density at radius 3 is 2.48 bits per heavy atom. The predicted octanol–water partition coefficient (Wildman–Crippen LogP) is 3.56. The molecule has 0 fully saturated rings. The summed E-state index contributed by atoms with van der Waals surface area (Å²) < 4.78 is 27.8. The van der Waals surface area contributed by atoms with Gasteiger partial charge in [0.25, 0.3) is 10.0 Å². The molecule has 0 radical (unpaired) electrons. The lowest BCUT2D eigenvalue weighted by Crippen LogP contribution is -2.41. The topological polar surface area (TPSA) is 117 Å². The molecule has 0 aliphatic heterocycles. The lowest BCUT2D eigenvalue weighted by molar-refractivity contribution is -0.119. The third kappa shape index (κ3) is 5.68. The number of hydrogen-bond acceptors (Lipinski definition) is 5. The highest BCUT2D eigenvalue weighted by Gasteiger charge is 2.29. The first kappa shape index (κ1) is 24.2. The van der Waals surface area contributed by atoms with Gasteiger partial charge in [-0.3, -0.25) is 9.10 Å². The number of sulfonamides is 1. The second kappa shape index (κ2) is 10.0. The van der Waals surface area contributed by atoms with E-state index in [0.717, 1.165) is 9.87 Å². The summed E-state index contributed by atoms with van der Waals surface area (Å²) in [5.74, 6) is -1.66. The molecular formula is C23H22ClN3O5S. The van der Waals surface area contributed by atoms with Crippen LogP contribution >= 0.6 is 11.6 Å². The Morgan fingerprint density at radius 1 is 1.09 bits per heavy atom. The first-order valence-corrected chi connectivity index (χ1v) is 11.7. The van der Waals surface area contributed by atoms with Crippen molar-refractivity contribution in [1.82, 2.24) is 10.3 Å². The molecule has 1 aromatic heterocycles. The zero-order valence-electron chi connectivity index (χ0n) is 17.9. The van der Waals surface area contributed by atoms with E-state index < -0.39 is 28.4 Å². The molecule has 0 saturated carbocycles. The average molecular weight is 488 g/mol. The van der Waals surface area contributed by atoms with Crippen molar-refractivity contribution in [3.63, 3.8) is 0 Å². The fraction of sp³-hybridized carbons (Fsp3) is 0.174. The first-order chi connectivity index (χ1) is 15.6. The molecule has 10 heteroatoms. The van der Waals surface area contributed by atoms with Gasteiger partial charge < -0.3 is 10.4 Å². The monoisotopic (exact) mass is 487 g/mol. The third-order valence-corrected chi connectivity index (χ3v) is 6.98. The van der Waals surface area contributed by atoms with Crippen LogP contribution in [0.2, 0.25) is 5.02 Å². The number of aromatic carboxylic acids is 1. The van der Waals surface area contributed by atoms with Crippen LogP contribution in [-0.2, 0) is 21.4 Å². The number of nitrogens with zero attached hydrogens (tertiary/aromatic N) is 2. The average Bonchev–Trinajstić information content (AvgIpc) is 2.78. The molecule has 0 unspecified atom stereocenters. The van der Waals surface area contributed by atoms with Crippen molar-refractivity contribution in [2.45, 2.75) is 25.4 Å². The maximum Gasteiger partial charge on any atom is 0.335 e. The normalized spacial score (nSPS) is 11.1. The van der Waals surface area contributed by atoms with E-state index in [1.165, 1.54) is 24.4 Å². The van der Waals surface area contributed by atoms with Crippen LogP contribution in [0.4, 0.5) is 5.69 Å². The van der Waals surface area contributed by atoms with Gasteiger partial charge in [0.1, 0.15) is 6.54 Å². The minimum Gasteiger partial charge on any atom is -0.478 e. The van der Waals surface area contributed by atoms with Crippen LogP contribution in [0.15, 0.2) is 65.8 Å². The molecule has 3 rings (SSSR count). The number of aryl methyl sites for hydroxylation is 1. The van der Waals surface area contributed by atoms with Gasteiger partial charge in [0, 0.05) is 17.8 Å². The van der Waals surface area contributed by atoms with E-state index in [-0.39, 0.29) is 22.8 Å². The Bertz CT molecular complexity index is 1290. The fourth-order valence-corrected chi connectivity index (χ4v) is 4.65. The number of hydrogen-bond donors (Lipinski definition) is 2. The SMILES string of the molecule is Cc1ccc(S(=O)(=O)N(CC(=O)NCc2cccc(C(=O)O)c2)c2cccc(Cl)c2C)nc1. The van der Waals surface area contributed by atoms with Crippen molar-refractivity contribution in [1.29, 1.82) is 0 Å². The van der Waals surface area contributed by atoms with E-state index in [4.69, 9.17) is 16.7 Å². The number of carboxylic acids is 1. The molecule has 0 saturated heterocycles. The number of halogens is 1. The second-order valence-corrected chi connectivity index (χ2v) is 9.57. The number of carbonyl (C=O) groups is 2. The van der Waals surface area contributed by atoms with Crippen molar-refractivity contribution >= 4 is 39.2 Å². The molecule has 33 heavy (non-hydrogen) atoms. The number of rotatable bonds is 8. The maximum atomic E-state index is 13.4. The standard InChI is InChI=1S/C23H22ClN3O5S/c1-15-9-10-22(26-12-15)33(31,32)27(20-8-4-7-19(24)16(20)2)14-21(28)25-13-17-5-3-6-18(11-17)23(29)30/h3-12H,13-14H2,1-2H3,(H,25,28)(H,29,30). The van der Waals surface area contributed by atoms with Crippen LogP contribution in [-0.4, -0.2) is 36.9 Å². The van der Waals surface area contributed by atoms with Crippen LogP contribution < -0.4 is 9.62 Å². The van der Waals surface area contributed by atoms with Crippen molar-refractivity contribution in [2.75, 3.05) is 10.8 Å². The van der Waals surface area contributed by atoms with Gasteiger partial charge in [-0.05, 0) is 60.9 Å². The van der Waals surface area contributed by atoms with Crippen LogP contribution in [0.5, 0.6) is 0 Å². The third-order valence-electron chi connectivity index (χ3n) is 4.90. The summed E-state index contributed by atoms with van der Waals surface area (Å²) >= 11 is 6.21. The Kier molecular flexibility index (Phi) is 7.35. The molecule has 0 atom stereocenters. The van der Waals surface area contributed by atoms with Crippen molar-refractivity contribution in [2.24, 2.45) is 0 Å². The molecule has 1 amide bonds. The van der Waals surface area contributed by atoms with Gasteiger partial charge >= 0.3 is 5.97 Å². The minimum absolute atomic E-state index is 0.0329. The number of carbonyl (C=O) groups excluding carboxylic acids is 1. The molecule has 2 N–H and O–H groups in total. The highest BCUT2D eigenvalue weighted by atomic mass is 35.5. The highest BCUT2D eigenvalue weighted by molar-refractivity contribution is 7.92. The van der Waals surface area contributed by atoms with Gasteiger partial charge in [-0.1, -0.05) is 35.9 Å². The van der Waals surface area contributed by atoms with E-state index >= 15 is 0 Å². The zero-order chi connectivity index (χ0) is 24.2. The zero-order valence-corrected chi connectivity index (χ0v) is 19.5. The van der Waals surface area contributed by atoms with E-state index in [2.05, 4.69) is 10.3 Å². The number of carboxylic acid groups (broad SMARTS) is 1. The number of anilines is 1. The molecule has 1 heterocycles. The Balaban J connectivity index is 1.89. The number of aromatic nitrogens is 1. The van der Waals surface area contributed by atoms with Crippen LogP contribution in [0.3, 0.4) is 0 Å². The van der Waals surface area contributed by atoms with Gasteiger partial charge in [0.05, 0.1) is 11.3 Å². The first-order valence-electron chi connectivity index (χ1n) is 9.89. The summed E-state index contributed by atoms with van der Waals surface area (Å²) in [5, 5.41) is 11.9. The van der Waals surface area contributed by atoms with E-state index in [0.29, 0.717) is 16.1 Å². The number of amides is 1. The van der Waals surface area contributed by atoms with E-state index in [1.807, 2.05) is 0 Å². The highest BCUT2D eigenvalue weighted by Crippen LogP contribution is 2.30. The van der Waals surface area contributed by atoms with Gasteiger partial charge in [0.2, 0.25) is 5.91 Å². The minimum atomic E-state index is -4.18. The van der Waals surface area contributed by atoms with Gasteiger partial charge in [-0.15, -0.1) is 0 Å². The molecule has 0 aliphatic carbocycles. The Hall–Kier alpha value is -3.43. The predicted molar refractivity (Wildman–Crippen MR) is 125 cm³/mol. The van der Waals surface area contributed by atoms with E-state index in [9.17, 15) is 18.0 Å². The molecule has 0 aliphatic rings. The lowest BCUT2D eigenvalue weighted by Gasteiger charge is -2.25. The summed E-state index contributed by atoms with van der Waals surface area (Å²) in [6, 6.07) is 13.9. The van der Waals surface area contributed by atoms with Gasteiger partial charge in [-0.2, -0.15) is 8.42 Å². The Labute approximate surface area is 196 Å². The van der Waals surface area contributed by atoms with Gasteiger partial charge in [0.15, 0.2) is 5.03 Å². The molecular weight excluding hydrogens is 466 g/mol. The quantitative estimate of drug-likeness (QED) is 0.501. The molecule has 172 valence electrons. The van der Waals surface area contributed by atoms with Crippen LogP contribution in [0.25, 0.3) is 0 Å². The summed E-state index contributed by atoms with van der Waals surface area (Å²) in [5.41, 5.74) is 2.20. The molecule has 8 nitrogen and oxygen atoms in total. The number of benzene rings is 2. The Morgan fingerprint density at radius 2 is 1.82 bits per heavy atom. The van der Waals surface area contributed by atoms with Gasteiger partial charge in [-0.25, -0.2) is 9.78 Å². The fourth-order valence-electron chi connectivity index (χ4n) is 3.09. The summed E-state index contributed by atoms with van der Waals surface area (Å²) in [6.07, 6.45) is 1.44. The molecule has 3 aromatic rings. The van der Waals surface area contributed by atoms with Crippen LogP contribution in [0, 0.1) is 13.8 Å². The van der Waals surface area contributed by atoms with Crippen LogP contribution in [0.1, 0.15) is 27.0 Å².